The molecule has 0 saturated carbocycles. The first-order valence-corrected chi connectivity index (χ1v) is 9.98. The average Bonchev–Trinajstić information content (AvgIpc) is 2.23. The minimum absolute atomic E-state index is 0.115. The minimum Gasteiger partial charge on any atom is -0.413 e. The van der Waals surface area contributed by atoms with Gasteiger partial charge < -0.3 is 10.2 Å². The van der Waals surface area contributed by atoms with Crippen molar-refractivity contribution in [3.05, 3.63) is 35.4 Å². The lowest BCUT2D eigenvalue weighted by Crippen LogP contribution is -2.26. The highest BCUT2D eigenvalue weighted by Crippen LogP contribution is 2.36. The number of hydrogen-bond donors (Lipinski definition) is 1. The Bertz CT molecular complexity index is 396. The van der Waals surface area contributed by atoms with Gasteiger partial charge in [0.25, 0.3) is 0 Å². The Balaban J connectivity index is 3.02. The Morgan fingerprint density at radius 1 is 1.26 bits per heavy atom. The number of nitrogens with two attached hydrogens (primary N) is 1. The summed E-state index contributed by atoms with van der Waals surface area (Å²) in [6, 6.07) is 8.91. The fraction of sp³-hybridized carbons (Fsp3) is 0.625. The molecule has 1 aromatic rings. The van der Waals surface area contributed by atoms with Gasteiger partial charge >= 0.3 is 0 Å². The molecule has 3 heteroatoms. The van der Waals surface area contributed by atoms with Crippen LogP contribution in [0.1, 0.15) is 44.9 Å². The summed E-state index contributed by atoms with van der Waals surface area (Å²) in [5, 5.41) is 0. The van der Waals surface area contributed by atoms with Crippen molar-refractivity contribution in [1.82, 2.24) is 0 Å². The summed E-state index contributed by atoms with van der Waals surface area (Å²) in [5.41, 5.74) is 8.59. The van der Waals surface area contributed by atoms with E-state index in [1.807, 2.05) is 6.92 Å². The van der Waals surface area contributed by atoms with Crippen molar-refractivity contribution in [2.45, 2.75) is 59.4 Å². The van der Waals surface area contributed by atoms with E-state index in [9.17, 15) is 0 Å². The third-order valence-electron chi connectivity index (χ3n) is 3.01. The number of benzene rings is 1. The summed E-state index contributed by atoms with van der Waals surface area (Å²) >= 11 is 0. The van der Waals surface area contributed by atoms with Crippen LogP contribution in [0.3, 0.4) is 0 Å². The molecule has 2 N–H and O–H groups in total. The molecule has 0 fully saturated rings. The van der Waals surface area contributed by atoms with Gasteiger partial charge in [-0.05, 0) is 43.0 Å². The number of hydrogen-bond acceptors (Lipinski definition) is 2. The second-order valence-electron chi connectivity index (χ2n) is 6.86. The van der Waals surface area contributed by atoms with Crippen LogP contribution in [-0.2, 0) is 10.8 Å². The van der Waals surface area contributed by atoms with Crippen LogP contribution in [0.4, 0.5) is 0 Å². The van der Waals surface area contributed by atoms with Gasteiger partial charge in [0, 0.05) is 6.04 Å². The van der Waals surface area contributed by atoms with E-state index in [0.29, 0.717) is 0 Å². The lowest BCUT2D eigenvalue weighted by atomic mass is 9.84. The quantitative estimate of drug-likeness (QED) is 0.835. The van der Waals surface area contributed by atoms with E-state index >= 15 is 0 Å². The summed E-state index contributed by atoms with van der Waals surface area (Å²) in [6.07, 6.45) is 1.09. The molecule has 0 aliphatic carbocycles. The standard InChI is InChI=1S/C16H29NOSi/c1-12(17)10-13-8-7-9-14(11-13)15(16(2,3)4)18-19(5)6/h7-9,11-12,15,19H,10,17H2,1-6H3. The number of rotatable bonds is 5. The molecule has 0 heterocycles. The highest BCUT2D eigenvalue weighted by molar-refractivity contribution is 6.48. The molecule has 0 bridgehead atoms. The molecule has 2 atom stereocenters. The zero-order chi connectivity index (χ0) is 14.6. The molecule has 0 aromatic heterocycles. The van der Waals surface area contributed by atoms with Crippen LogP contribution in [0, 0.1) is 5.41 Å². The molecule has 2 nitrogen and oxygen atoms in total. The fourth-order valence-corrected chi connectivity index (χ4v) is 3.42. The zero-order valence-corrected chi connectivity index (χ0v) is 14.4. The van der Waals surface area contributed by atoms with E-state index in [4.69, 9.17) is 10.2 Å². The molecule has 0 spiro atoms. The van der Waals surface area contributed by atoms with E-state index in [1.54, 1.807) is 0 Å². The topological polar surface area (TPSA) is 35.2 Å². The molecule has 0 aliphatic heterocycles. The van der Waals surface area contributed by atoms with Crippen LogP contribution < -0.4 is 5.73 Å². The van der Waals surface area contributed by atoms with Crippen LogP contribution >= 0.6 is 0 Å². The molecule has 19 heavy (non-hydrogen) atoms. The van der Waals surface area contributed by atoms with Crippen LogP contribution in [0.25, 0.3) is 0 Å². The van der Waals surface area contributed by atoms with Gasteiger partial charge in [-0.1, -0.05) is 45.0 Å². The summed E-state index contributed by atoms with van der Waals surface area (Å²) in [7, 11) is -1.07. The first-order valence-electron chi connectivity index (χ1n) is 7.20. The second-order valence-corrected chi connectivity index (χ2v) is 9.23. The summed E-state index contributed by atoms with van der Waals surface area (Å²) in [4.78, 5) is 0. The predicted octanol–water partition coefficient (Wildman–Crippen LogP) is 3.66. The van der Waals surface area contributed by atoms with Gasteiger partial charge in [0.15, 0.2) is 9.04 Å². The fourth-order valence-electron chi connectivity index (χ4n) is 2.31. The second kappa shape index (κ2) is 6.68. The highest BCUT2D eigenvalue weighted by Gasteiger charge is 2.28. The van der Waals surface area contributed by atoms with E-state index < -0.39 is 9.04 Å². The first-order chi connectivity index (χ1) is 8.70. The monoisotopic (exact) mass is 279 g/mol. The van der Waals surface area contributed by atoms with E-state index in [1.165, 1.54) is 11.1 Å². The van der Waals surface area contributed by atoms with Crippen LogP contribution in [0.5, 0.6) is 0 Å². The van der Waals surface area contributed by atoms with Crippen molar-refractivity contribution in [3.8, 4) is 0 Å². The SMILES string of the molecule is CC(N)Cc1cccc(C(O[SiH](C)C)C(C)(C)C)c1. The van der Waals surface area contributed by atoms with Crippen molar-refractivity contribution in [2.24, 2.45) is 11.1 Å². The maximum atomic E-state index is 6.27. The van der Waals surface area contributed by atoms with Gasteiger partial charge in [0.2, 0.25) is 0 Å². The van der Waals surface area contributed by atoms with Gasteiger partial charge in [-0.2, -0.15) is 0 Å². The Morgan fingerprint density at radius 2 is 1.89 bits per heavy atom. The molecule has 1 rings (SSSR count). The van der Waals surface area contributed by atoms with E-state index in [-0.39, 0.29) is 17.6 Å². The van der Waals surface area contributed by atoms with Gasteiger partial charge in [-0.3, -0.25) is 0 Å². The van der Waals surface area contributed by atoms with Crippen LogP contribution in [0.15, 0.2) is 24.3 Å². The maximum absolute atomic E-state index is 6.27. The molecule has 0 radical (unpaired) electrons. The molecule has 1 aromatic carbocycles. The molecule has 2 unspecified atom stereocenters. The van der Waals surface area contributed by atoms with Crippen molar-refractivity contribution in [2.75, 3.05) is 0 Å². The maximum Gasteiger partial charge on any atom is 0.171 e. The van der Waals surface area contributed by atoms with Gasteiger partial charge in [-0.15, -0.1) is 0 Å². The Kier molecular flexibility index (Phi) is 5.77. The lowest BCUT2D eigenvalue weighted by Gasteiger charge is -2.33. The van der Waals surface area contributed by atoms with Crippen molar-refractivity contribution in [3.63, 3.8) is 0 Å². The Hall–Kier alpha value is -0.643. The Labute approximate surface area is 120 Å². The minimum atomic E-state index is -1.07. The van der Waals surface area contributed by atoms with Crippen LogP contribution in [0.2, 0.25) is 13.1 Å². The van der Waals surface area contributed by atoms with Crippen molar-refractivity contribution < 1.29 is 4.43 Å². The predicted molar refractivity (Wildman–Crippen MR) is 86.0 cm³/mol. The van der Waals surface area contributed by atoms with Crippen LogP contribution in [-0.4, -0.2) is 15.1 Å². The molecule has 0 amide bonds. The summed E-state index contributed by atoms with van der Waals surface area (Å²) in [6.45, 7) is 13.2. The lowest BCUT2D eigenvalue weighted by molar-refractivity contribution is 0.0865. The summed E-state index contributed by atoms with van der Waals surface area (Å²) < 4.78 is 6.27. The van der Waals surface area contributed by atoms with E-state index in [0.717, 1.165) is 6.42 Å². The largest absolute Gasteiger partial charge is 0.413 e. The van der Waals surface area contributed by atoms with Crippen molar-refractivity contribution >= 4 is 9.04 Å². The smallest absolute Gasteiger partial charge is 0.171 e. The molecule has 0 saturated heterocycles. The third-order valence-corrected chi connectivity index (χ3v) is 3.82. The van der Waals surface area contributed by atoms with Gasteiger partial charge in [0.1, 0.15) is 0 Å². The normalized spacial score (nSPS) is 15.6. The molecular formula is C16H29NOSi. The molecule has 108 valence electrons. The van der Waals surface area contributed by atoms with Gasteiger partial charge in [0.05, 0.1) is 6.10 Å². The van der Waals surface area contributed by atoms with Crippen molar-refractivity contribution in [1.29, 1.82) is 0 Å². The summed E-state index contributed by atoms with van der Waals surface area (Å²) in [5.74, 6) is 0. The highest BCUT2D eigenvalue weighted by atomic mass is 28.3. The molecule has 0 aliphatic rings. The average molecular weight is 280 g/mol. The first kappa shape index (κ1) is 16.4. The Morgan fingerprint density at radius 3 is 2.37 bits per heavy atom. The van der Waals surface area contributed by atoms with Gasteiger partial charge in [-0.25, -0.2) is 0 Å². The molecular weight excluding hydrogens is 250 g/mol. The zero-order valence-electron chi connectivity index (χ0n) is 13.2. The van der Waals surface area contributed by atoms with E-state index in [2.05, 4.69) is 58.1 Å². The third kappa shape index (κ3) is 5.47.